The van der Waals surface area contributed by atoms with Crippen molar-refractivity contribution in [2.75, 3.05) is 26.3 Å². The number of imidazole rings is 1. The zero-order chi connectivity index (χ0) is 19.8. The summed E-state index contributed by atoms with van der Waals surface area (Å²) in [6.07, 6.45) is 2.73. The number of H-pyrrole nitrogens is 1. The van der Waals surface area contributed by atoms with Gasteiger partial charge in [-0.2, -0.15) is 0 Å². The lowest BCUT2D eigenvalue weighted by molar-refractivity contribution is 0.0704. The fraction of sp³-hybridized carbons (Fsp3) is 0.364. The van der Waals surface area contributed by atoms with E-state index in [2.05, 4.69) is 4.98 Å². The molecule has 5 rings (SSSR count). The molecule has 1 N–H and O–H groups in total. The van der Waals surface area contributed by atoms with Crippen molar-refractivity contribution >= 4 is 28.5 Å². The second-order valence-corrected chi connectivity index (χ2v) is 7.97. The summed E-state index contributed by atoms with van der Waals surface area (Å²) in [6, 6.07) is 11.4. The molecule has 150 valence electrons. The lowest BCUT2D eigenvalue weighted by atomic mass is 9.96. The number of halogens is 1. The second-order valence-electron chi connectivity index (χ2n) is 7.57. The van der Waals surface area contributed by atoms with E-state index >= 15 is 0 Å². The average molecular weight is 412 g/mol. The van der Waals surface area contributed by atoms with E-state index in [9.17, 15) is 4.79 Å². The Bertz CT molecular complexity index is 1030. The largest absolute Gasteiger partial charge is 0.489 e. The van der Waals surface area contributed by atoms with Gasteiger partial charge in [0.15, 0.2) is 11.5 Å². The van der Waals surface area contributed by atoms with E-state index in [1.54, 1.807) is 12.1 Å². The normalized spacial score (nSPS) is 19.2. The van der Waals surface area contributed by atoms with Crippen molar-refractivity contribution < 1.29 is 14.3 Å². The first-order chi connectivity index (χ1) is 14.2. The maximum atomic E-state index is 13.2. The van der Waals surface area contributed by atoms with Gasteiger partial charge in [-0.1, -0.05) is 23.7 Å². The van der Waals surface area contributed by atoms with Crippen LogP contribution in [0.4, 0.5) is 0 Å². The van der Waals surface area contributed by atoms with E-state index in [0.29, 0.717) is 41.8 Å². The third-order valence-electron chi connectivity index (χ3n) is 5.55. The highest BCUT2D eigenvalue weighted by molar-refractivity contribution is 6.32. The predicted octanol–water partition coefficient (Wildman–Crippen LogP) is 4.40. The van der Waals surface area contributed by atoms with Crippen LogP contribution >= 0.6 is 11.6 Å². The lowest BCUT2D eigenvalue weighted by Crippen LogP contribution is -2.39. The van der Waals surface area contributed by atoms with E-state index in [-0.39, 0.29) is 11.8 Å². The Morgan fingerprint density at radius 2 is 2.03 bits per heavy atom. The smallest absolute Gasteiger partial charge is 0.254 e. The number of para-hydroxylation sites is 2. The molecular formula is C22H22ClN3O3. The van der Waals surface area contributed by atoms with Crippen LogP contribution in [0.25, 0.3) is 11.0 Å². The topological polar surface area (TPSA) is 67.5 Å². The van der Waals surface area contributed by atoms with Crippen LogP contribution in [0.2, 0.25) is 5.02 Å². The van der Waals surface area contributed by atoms with Crippen molar-refractivity contribution in [2.24, 2.45) is 0 Å². The number of carbonyl (C=O) groups excluding carboxylic acids is 1. The van der Waals surface area contributed by atoms with Crippen molar-refractivity contribution in [1.82, 2.24) is 14.9 Å². The number of ether oxygens (including phenoxy) is 2. The number of benzene rings is 2. The first-order valence-electron chi connectivity index (χ1n) is 10.0. The molecule has 0 aliphatic carbocycles. The summed E-state index contributed by atoms with van der Waals surface area (Å²) >= 11 is 6.38. The van der Waals surface area contributed by atoms with Gasteiger partial charge in [-0.3, -0.25) is 4.79 Å². The van der Waals surface area contributed by atoms with Crippen molar-refractivity contribution in [2.45, 2.75) is 25.2 Å². The fourth-order valence-electron chi connectivity index (χ4n) is 4.09. The number of carbonyl (C=O) groups is 1. The minimum atomic E-state index is -0.0386. The van der Waals surface area contributed by atoms with E-state index < -0.39 is 0 Å². The first kappa shape index (κ1) is 18.3. The van der Waals surface area contributed by atoms with E-state index in [0.717, 1.165) is 42.7 Å². The van der Waals surface area contributed by atoms with Gasteiger partial charge >= 0.3 is 0 Å². The highest BCUT2D eigenvalue weighted by atomic mass is 35.5. The number of nitrogens with zero attached hydrogens (tertiary/aromatic N) is 2. The van der Waals surface area contributed by atoms with Gasteiger partial charge in [0.2, 0.25) is 0 Å². The number of fused-ring (bicyclic) bond motifs is 2. The van der Waals surface area contributed by atoms with Gasteiger partial charge in [-0.15, -0.1) is 0 Å². The summed E-state index contributed by atoms with van der Waals surface area (Å²) in [5, 5.41) is 0.415. The third kappa shape index (κ3) is 3.53. The molecule has 0 unspecified atom stereocenters. The number of hydrogen-bond donors (Lipinski definition) is 1. The standard InChI is InChI=1S/C22H22ClN3O3/c23-16-11-15(12-19-20(16)29-10-4-9-28-19)22(27)26-8-3-5-14(13-26)21-24-17-6-1-2-7-18(17)25-21/h1-2,6-7,11-12,14H,3-5,8-10,13H2,(H,24,25)/t14-/m1/s1. The molecule has 0 spiro atoms. The summed E-state index contributed by atoms with van der Waals surface area (Å²) in [6.45, 7) is 2.47. The van der Waals surface area contributed by atoms with Gasteiger partial charge in [0.25, 0.3) is 5.91 Å². The van der Waals surface area contributed by atoms with Crippen molar-refractivity contribution in [3.8, 4) is 11.5 Å². The van der Waals surface area contributed by atoms with Crippen molar-refractivity contribution in [3.63, 3.8) is 0 Å². The van der Waals surface area contributed by atoms with E-state index in [1.165, 1.54) is 0 Å². The number of likely N-dealkylation sites (tertiary alicyclic amines) is 1. The Labute approximate surface area is 173 Å². The molecule has 0 saturated carbocycles. The van der Waals surface area contributed by atoms with Crippen LogP contribution in [0.15, 0.2) is 36.4 Å². The van der Waals surface area contributed by atoms with Crippen molar-refractivity contribution in [3.05, 3.63) is 52.8 Å². The summed E-state index contributed by atoms with van der Waals surface area (Å²) in [4.78, 5) is 23.2. The molecule has 2 aromatic carbocycles. The Balaban J connectivity index is 1.38. The number of hydrogen-bond acceptors (Lipinski definition) is 4. The SMILES string of the molecule is O=C(c1cc(Cl)c2c(c1)OCCCO2)N1CCC[C@@H](c2nc3ccccc3[nH]2)C1. The number of aromatic nitrogens is 2. The number of amides is 1. The molecule has 1 aromatic heterocycles. The molecule has 3 aromatic rings. The highest BCUT2D eigenvalue weighted by Gasteiger charge is 2.28. The zero-order valence-electron chi connectivity index (χ0n) is 16.0. The van der Waals surface area contributed by atoms with Crippen LogP contribution in [0.5, 0.6) is 11.5 Å². The maximum absolute atomic E-state index is 13.2. The summed E-state index contributed by atoms with van der Waals surface area (Å²) < 4.78 is 11.4. The molecule has 7 heteroatoms. The zero-order valence-corrected chi connectivity index (χ0v) is 16.7. The lowest BCUT2D eigenvalue weighted by Gasteiger charge is -2.32. The quantitative estimate of drug-likeness (QED) is 0.678. The second kappa shape index (κ2) is 7.59. The fourth-order valence-corrected chi connectivity index (χ4v) is 4.35. The molecule has 6 nitrogen and oxygen atoms in total. The third-order valence-corrected chi connectivity index (χ3v) is 5.83. The van der Waals surface area contributed by atoms with Crippen LogP contribution in [0, 0.1) is 0 Å². The Hall–Kier alpha value is -2.73. The van der Waals surface area contributed by atoms with Crippen LogP contribution < -0.4 is 9.47 Å². The molecule has 1 fully saturated rings. The van der Waals surface area contributed by atoms with Gasteiger partial charge in [-0.05, 0) is 37.1 Å². The predicted molar refractivity (Wildman–Crippen MR) is 111 cm³/mol. The molecule has 1 saturated heterocycles. The maximum Gasteiger partial charge on any atom is 0.254 e. The number of aromatic amines is 1. The Kier molecular flexibility index (Phi) is 4.79. The molecular weight excluding hydrogens is 390 g/mol. The van der Waals surface area contributed by atoms with Gasteiger partial charge in [0.1, 0.15) is 5.82 Å². The number of nitrogens with one attached hydrogen (secondary N) is 1. The monoisotopic (exact) mass is 411 g/mol. The summed E-state index contributed by atoms with van der Waals surface area (Å²) in [5.74, 6) is 2.17. The van der Waals surface area contributed by atoms with Gasteiger partial charge in [-0.25, -0.2) is 4.98 Å². The van der Waals surface area contributed by atoms with Crippen LogP contribution in [-0.4, -0.2) is 47.1 Å². The molecule has 0 radical (unpaired) electrons. The van der Waals surface area contributed by atoms with Crippen LogP contribution in [0.3, 0.4) is 0 Å². The molecule has 2 aliphatic rings. The Morgan fingerprint density at radius 1 is 1.17 bits per heavy atom. The number of piperidine rings is 1. The van der Waals surface area contributed by atoms with Gasteiger partial charge < -0.3 is 19.4 Å². The van der Waals surface area contributed by atoms with Crippen molar-refractivity contribution in [1.29, 1.82) is 0 Å². The summed E-state index contributed by atoms with van der Waals surface area (Å²) in [7, 11) is 0. The molecule has 3 heterocycles. The molecule has 0 bridgehead atoms. The molecule has 1 atom stereocenters. The van der Waals surface area contributed by atoms with Gasteiger partial charge in [0.05, 0.1) is 29.3 Å². The minimum absolute atomic E-state index is 0.0386. The molecule has 2 aliphatic heterocycles. The Morgan fingerprint density at radius 3 is 2.93 bits per heavy atom. The average Bonchev–Trinajstić information content (AvgIpc) is 3.04. The molecule has 29 heavy (non-hydrogen) atoms. The highest BCUT2D eigenvalue weighted by Crippen LogP contribution is 2.38. The van der Waals surface area contributed by atoms with E-state index in [4.69, 9.17) is 26.1 Å². The first-order valence-corrected chi connectivity index (χ1v) is 10.4. The minimum Gasteiger partial charge on any atom is -0.489 e. The van der Waals surface area contributed by atoms with Crippen LogP contribution in [-0.2, 0) is 0 Å². The molecule has 1 amide bonds. The summed E-state index contributed by atoms with van der Waals surface area (Å²) in [5.41, 5.74) is 2.52. The van der Waals surface area contributed by atoms with Crippen LogP contribution in [0.1, 0.15) is 41.4 Å². The van der Waals surface area contributed by atoms with E-state index in [1.807, 2.05) is 29.2 Å². The van der Waals surface area contributed by atoms with Gasteiger partial charge in [0, 0.05) is 31.0 Å². The number of rotatable bonds is 2.